The first kappa shape index (κ1) is 14.0. The highest BCUT2D eigenvalue weighted by Crippen LogP contribution is 2.29. The number of nitrogens with zero attached hydrogens (tertiary/aromatic N) is 5. The number of hydrogen-bond donors (Lipinski definition) is 1. The summed E-state index contributed by atoms with van der Waals surface area (Å²) < 4.78 is 7.54. The highest BCUT2D eigenvalue weighted by atomic mass is 16.5. The van der Waals surface area contributed by atoms with Crippen molar-refractivity contribution in [2.45, 2.75) is 12.2 Å². The Morgan fingerprint density at radius 2 is 2.13 bits per heavy atom. The molecule has 4 rings (SSSR count). The lowest BCUT2D eigenvalue weighted by molar-refractivity contribution is 0.0737. The normalized spacial score (nSPS) is 21.0. The predicted molar refractivity (Wildman–Crippen MR) is 85.4 cm³/mol. The summed E-state index contributed by atoms with van der Waals surface area (Å²) in [6, 6.07) is 3.83. The molecule has 0 spiro atoms. The van der Waals surface area contributed by atoms with Crippen LogP contribution in [0.2, 0.25) is 0 Å². The van der Waals surface area contributed by atoms with Crippen molar-refractivity contribution >= 4 is 16.6 Å². The fourth-order valence-corrected chi connectivity index (χ4v) is 2.95. The van der Waals surface area contributed by atoms with E-state index in [1.54, 1.807) is 35.7 Å². The van der Waals surface area contributed by atoms with Crippen LogP contribution in [0.15, 0.2) is 43.1 Å². The number of aliphatic hydroxyl groups excluding tert-OH is 1. The molecule has 2 atom stereocenters. The van der Waals surface area contributed by atoms with E-state index in [1.807, 2.05) is 19.2 Å². The van der Waals surface area contributed by atoms with Gasteiger partial charge in [-0.2, -0.15) is 5.10 Å². The zero-order valence-corrected chi connectivity index (χ0v) is 12.7. The first-order chi connectivity index (χ1) is 11.2. The number of β-amino-alcohol motifs (C(OH)–C–C–N with tert-alkyl or cyclic N) is 1. The van der Waals surface area contributed by atoms with E-state index in [2.05, 4.69) is 20.0 Å². The maximum atomic E-state index is 10.3. The van der Waals surface area contributed by atoms with Crippen molar-refractivity contribution in [2.75, 3.05) is 18.0 Å². The molecule has 0 bridgehead atoms. The SMILES string of the molecule is Cn1cc(O[C@@H]2CN(c3ccnc4ccncc34)C[C@H]2O)cn1. The van der Waals surface area contributed by atoms with Gasteiger partial charge in [0.25, 0.3) is 0 Å². The number of pyridine rings is 2. The van der Waals surface area contributed by atoms with Gasteiger partial charge in [0, 0.05) is 43.3 Å². The molecule has 1 fully saturated rings. The summed E-state index contributed by atoms with van der Waals surface area (Å²) in [6.07, 6.45) is 7.90. The van der Waals surface area contributed by atoms with Gasteiger partial charge in [0.2, 0.25) is 0 Å². The Morgan fingerprint density at radius 3 is 2.96 bits per heavy atom. The van der Waals surface area contributed by atoms with Gasteiger partial charge < -0.3 is 14.7 Å². The number of rotatable bonds is 3. The Labute approximate surface area is 133 Å². The molecule has 7 heteroatoms. The zero-order valence-electron chi connectivity index (χ0n) is 12.7. The molecule has 0 aromatic carbocycles. The minimum atomic E-state index is -0.560. The van der Waals surface area contributed by atoms with E-state index in [0.29, 0.717) is 18.8 Å². The predicted octanol–water partition coefficient (Wildman–Crippen LogP) is 0.992. The van der Waals surface area contributed by atoms with Crippen LogP contribution in [0.5, 0.6) is 5.75 Å². The van der Waals surface area contributed by atoms with Crippen LogP contribution in [0, 0.1) is 0 Å². The molecule has 0 amide bonds. The van der Waals surface area contributed by atoms with Gasteiger partial charge in [0.1, 0.15) is 12.2 Å². The summed E-state index contributed by atoms with van der Waals surface area (Å²) in [5, 5.41) is 15.4. The summed E-state index contributed by atoms with van der Waals surface area (Å²) in [6.45, 7) is 1.11. The van der Waals surface area contributed by atoms with E-state index in [9.17, 15) is 5.11 Å². The van der Waals surface area contributed by atoms with Gasteiger partial charge in [0.05, 0.1) is 24.5 Å². The van der Waals surface area contributed by atoms with E-state index in [-0.39, 0.29) is 6.10 Å². The molecule has 0 unspecified atom stereocenters. The van der Waals surface area contributed by atoms with Crippen molar-refractivity contribution in [1.82, 2.24) is 19.7 Å². The Balaban J connectivity index is 1.58. The average molecular weight is 311 g/mol. The lowest BCUT2D eigenvalue weighted by Gasteiger charge is -2.19. The van der Waals surface area contributed by atoms with Gasteiger partial charge in [-0.15, -0.1) is 0 Å². The van der Waals surface area contributed by atoms with E-state index in [0.717, 1.165) is 16.6 Å². The van der Waals surface area contributed by atoms with Crippen LogP contribution in [0.3, 0.4) is 0 Å². The molecular weight excluding hydrogens is 294 g/mol. The lowest BCUT2D eigenvalue weighted by Crippen LogP contribution is -2.29. The van der Waals surface area contributed by atoms with Crippen LogP contribution in [-0.2, 0) is 7.05 Å². The molecule has 0 aliphatic carbocycles. The molecule has 3 aromatic heterocycles. The van der Waals surface area contributed by atoms with E-state index < -0.39 is 6.10 Å². The molecule has 1 aliphatic heterocycles. The second kappa shape index (κ2) is 5.51. The first-order valence-electron chi connectivity index (χ1n) is 7.48. The molecule has 0 saturated carbocycles. The number of hydrogen-bond acceptors (Lipinski definition) is 6. The summed E-state index contributed by atoms with van der Waals surface area (Å²) in [4.78, 5) is 10.6. The van der Waals surface area contributed by atoms with Crippen molar-refractivity contribution in [3.05, 3.63) is 43.1 Å². The number of aryl methyl sites for hydroxylation is 1. The van der Waals surface area contributed by atoms with Crippen LogP contribution < -0.4 is 9.64 Å². The number of aromatic nitrogens is 4. The minimum absolute atomic E-state index is 0.293. The van der Waals surface area contributed by atoms with E-state index in [1.165, 1.54) is 0 Å². The van der Waals surface area contributed by atoms with Crippen molar-refractivity contribution < 1.29 is 9.84 Å². The van der Waals surface area contributed by atoms with Gasteiger partial charge in [-0.3, -0.25) is 14.6 Å². The summed E-state index contributed by atoms with van der Waals surface area (Å²) in [5.41, 5.74) is 1.91. The molecule has 1 saturated heterocycles. The summed E-state index contributed by atoms with van der Waals surface area (Å²) in [7, 11) is 1.83. The number of fused-ring (bicyclic) bond motifs is 1. The van der Waals surface area contributed by atoms with Crippen molar-refractivity contribution in [1.29, 1.82) is 0 Å². The molecule has 7 nitrogen and oxygen atoms in total. The third kappa shape index (κ3) is 2.59. The average Bonchev–Trinajstić information content (AvgIpc) is 3.13. The Bertz CT molecular complexity index is 829. The number of aliphatic hydroxyl groups is 1. The van der Waals surface area contributed by atoms with Crippen LogP contribution in [0.1, 0.15) is 0 Å². The van der Waals surface area contributed by atoms with E-state index >= 15 is 0 Å². The molecule has 1 N–H and O–H groups in total. The van der Waals surface area contributed by atoms with E-state index in [4.69, 9.17) is 4.74 Å². The largest absolute Gasteiger partial charge is 0.482 e. The zero-order chi connectivity index (χ0) is 15.8. The topological polar surface area (TPSA) is 76.3 Å². The maximum absolute atomic E-state index is 10.3. The summed E-state index contributed by atoms with van der Waals surface area (Å²) in [5.74, 6) is 0.666. The molecule has 1 aliphatic rings. The van der Waals surface area contributed by atoms with Gasteiger partial charge >= 0.3 is 0 Å². The number of ether oxygens (including phenoxy) is 1. The van der Waals surface area contributed by atoms with Gasteiger partial charge in [-0.25, -0.2) is 0 Å². The second-order valence-corrected chi connectivity index (χ2v) is 5.70. The molecular formula is C16H17N5O2. The monoisotopic (exact) mass is 311 g/mol. The molecule has 3 aromatic rings. The molecule has 118 valence electrons. The fraction of sp³-hybridized carbons (Fsp3) is 0.312. The molecule has 4 heterocycles. The number of anilines is 1. The first-order valence-corrected chi connectivity index (χ1v) is 7.48. The Kier molecular flexibility index (Phi) is 3.34. The third-order valence-electron chi connectivity index (χ3n) is 4.07. The van der Waals surface area contributed by atoms with Crippen LogP contribution >= 0.6 is 0 Å². The highest BCUT2D eigenvalue weighted by Gasteiger charge is 2.34. The van der Waals surface area contributed by atoms with Crippen molar-refractivity contribution in [3.63, 3.8) is 0 Å². The van der Waals surface area contributed by atoms with Gasteiger partial charge in [-0.05, 0) is 12.1 Å². The fourth-order valence-electron chi connectivity index (χ4n) is 2.95. The third-order valence-corrected chi connectivity index (χ3v) is 4.07. The standard InChI is InChI=1S/C16H17N5O2/c1-20-8-11(6-19-20)23-16-10-21(9-15(16)22)14-3-5-18-13-2-4-17-7-12(13)14/h2-8,15-16,22H,9-10H2,1H3/t15-,16-/m1/s1. The van der Waals surface area contributed by atoms with Gasteiger partial charge in [-0.1, -0.05) is 0 Å². The smallest absolute Gasteiger partial charge is 0.157 e. The Hall–Kier alpha value is -2.67. The lowest BCUT2D eigenvalue weighted by atomic mass is 10.2. The maximum Gasteiger partial charge on any atom is 0.157 e. The second-order valence-electron chi connectivity index (χ2n) is 5.70. The summed E-state index contributed by atoms with van der Waals surface area (Å²) >= 11 is 0. The molecule has 23 heavy (non-hydrogen) atoms. The quantitative estimate of drug-likeness (QED) is 0.777. The van der Waals surface area contributed by atoms with Gasteiger partial charge in [0.15, 0.2) is 5.75 Å². The van der Waals surface area contributed by atoms with Crippen LogP contribution in [-0.4, -0.2) is 50.2 Å². The van der Waals surface area contributed by atoms with Crippen LogP contribution in [0.4, 0.5) is 5.69 Å². The molecule has 0 radical (unpaired) electrons. The highest BCUT2D eigenvalue weighted by molar-refractivity contribution is 5.90. The van der Waals surface area contributed by atoms with Crippen molar-refractivity contribution in [2.24, 2.45) is 7.05 Å². The minimum Gasteiger partial charge on any atom is -0.482 e. The van der Waals surface area contributed by atoms with Crippen molar-refractivity contribution in [3.8, 4) is 5.75 Å². The van der Waals surface area contributed by atoms with Crippen LogP contribution in [0.25, 0.3) is 10.9 Å². The Morgan fingerprint density at radius 1 is 1.22 bits per heavy atom.